The van der Waals surface area contributed by atoms with Crippen molar-refractivity contribution in [2.24, 2.45) is 0 Å². The lowest BCUT2D eigenvalue weighted by molar-refractivity contribution is -0.0498. The van der Waals surface area contributed by atoms with Crippen molar-refractivity contribution in [2.45, 2.75) is 6.61 Å². The number of hydrogen-bond donors (Lipinski definition) is 0. The number of ether oxygens (including phenoxy) is 2. The first-order valence-electron chi connectivity index (χ1n) is 6.67. The summed E-state index contributed by atoms with van der Waals surface area (Å²) in [5.74, 6) is -0.660. The molecule has 124 valence electrons. The minimum absolute atomic E-state index is 0.0246. The van der Waals surface area contributed by atoms with Crippen molar-refractivity contribution in [2.75, 3.05) is 7.11 Å². The van der Waals surface area contributed by atoms with Gasteiger partial charge in [-0.3, -0.25) is 0 Å². The van der Waals surface area contributed by atoms with E-state index in [1.54, 1.807) is 6.07 Å². The number of rotatable bonds is 4. The van der Waals surface area contributed by atoms with E-state index in [4.69, 9.17) is 16.3 Å². The van der Waals surface area contributed by atoms with Crippen molar-refractivity contribution < 1.29 is 23.0 Å². The molecular weight excluding hydrogens is 344 g/mol. The van der Waals surface area contributed by atoms with Gasteiger partial charge in [-0.1, -0.05) is 23.7 Å². The molecule has 6 nitrogen and oxygen atoms in total. The Morgan fingerprint density at radius 2 is 2.12 bits per heavy atom. The first-order valence-corrected chi connectivity index (χ1v) is 7.05. The molecule has 0 atom stereocenters. The SMILES string of the molecule is COC(=O)c1cc(-c2cccc(OC(F)F)c2)nc2c(Cl)cnn12. The molecule has 0 radical (unpaired) electrons. The maximum Gasteiger partial charge on any atom is 0.387 e. The molecule has 0 saturated heterocycles. The average molecular weight is 354 g/mol. The minimum Gasteiger partial charge on any atom is -0.464 e. The van der Waals surface area contributed by atoms with Crippen LogP contribution in [0.25, 0.3) is 16.9 Å². The Labute approximate surface area is 139 Å². The third-order valence-electron chi connectivity index (χ3n) is 3.18. The summed E-state index contributed by atoms with van der Waals surface area (Å²) in [5.41, 5.74) is 1.16. The van der Waals surface area contributed by atoms with E-state index >= 15 is 0 Å². The van der Waals surface area contributed by atoms with E-state index in [9.17, 15) is 13.6 Å². The molecule has 0 unspecified atom stereocenters. The lowest BCUT2D eigenvalue weighted by Gasteiger charge is -2.09. The molecule has 0 aliphatic heterocycles. The van der Waals surface area contributed by atoms with Crippen molar-refractivity contribution in [1.29, 1.82) is 0 Å². The second-order valence-electron chi connectivity index (χ2n) is 4.65. The molecule has 0 bridgehead atoms. The maximum absolute atomic E-state index is 12.4. The predicted molar refractivity (Wildman–Crippen MR) is 81.4 cm³/mol. The predicted octanol–water partition coefficient (Wildman–Crippen LogP) is 3.44. The van der Waals surface area contributed by atoms with E-state index in [1.807, 2.05) is 0 Å². The average Bonchev–Trinajstić information content (AvgIpc) is 2.94. The van der Waals surface area contributed by atoms with Crippen LogP contribution in [0.15, 0.2) is 36.5 Å². The second kappa shape index (κ2) is 6.40. The van der Waals surface area contributed by atoms with Gasteiger partial charge in [0.2, 0.25) is 0 Å². The fourth-order valence-electron chi connectivity index (χ4n) is 2.17. The van der Waals surface area contributed by atoms with Crippen molar-refractivity contribution >= 4 is 23.2 Å². The number of benzene rings is 1. The molecule has 3 aromatic rings. The number of fused-ring (bicyclic) bond motifs is 1. The topological polar surface area (TPSA) is 65.7 Å². The number of halogens is 3. The number of aromatic nitrogens is 3. The summed E-state index contributed by atoms with van der Waals surface area (Å²) < 4.78 is 35.1. The molecule has 2 heterocycles. The van der Waals surface area contributed by atoms with Crippen molar-refractivity contribution in [3.05, 3.63) is 47.2 Å². The Morgan fingerprint density at radius 3 is 2.83 bits per heavy atom. The zero-order valence-electron chi connectivity index (χ0n) is 12.2. The van der Waals surface area contributed by atoms with Crippen LogP contribution in [0.2, 0.25) is 5.02 Å². The zero-order valence-corrected chi connectivity index (χ0v) is 13.0. The standard InChI is InChI=1S/C15H10ClF2N3O3/c1-23-14(22)12-6-11(20-13-10(16)7-19-21(12)13)8-3-2-4-9(5-8)24-15(17)18/h2-7,15H,1H3. The lowest BCUT2D eigenvalue weighted by atomic mass is 10.1. The summed E-state index contributed by atoms with van der Waals surface area (Å²) in [6.45, 7) is -2.94. The minimum atomic E-state index is -2.94. The van der Waals surface area contributed by atoms with Gasteiger partial charge in [0, 0.05) is 5.56 Å². The third kappa shape index (κ3) is 3.00. The first kappa shape index (κ1) is 16.1. The molecular formula is C15H10ClF2N3O3. The summed E-state index contributed by atoms with van der Waals surface area (Å²) >= 11 is 6.03. The number of esters is 1. The summed E-state index contributed by atoms with van der Waals surface area (Å²) in [6, 6.07) is 7.39. The van der Waals surface area contributed by atoms with Gasteiger partial charge >= 0.3 is 12.6 Å². The Morgan fingerprint density at radius 1 is 1.33 bits per heavy atom. The second-order valence-corrected chi connectivity index (χ2v) is 5.06. The molecule has 0 aliphatic rings. The Bertz CT molecular complexity index is 914. The number of hydrogen-bond acceptors (Lipinski definition) is 5. The third-order valence-corrected chi connectivity index (χ3v) is 3.44. The van der Waals surface area contributed by atoms with E-state index in [0.29, 0.717) is 11.3 Å². The van der Waals surface area contributed by atoms with Gasteiger partial charge in [-0.25, -0.2) is 14.3 Å². The lowest BCUT2D eigenvalue weighted by Crippen LogP contribution is -2.10. The van der Waals surface area contributed by atoms with Crippen LogP contribution < -0.4 is 4.74 Å². The van der Waals surface area contributed by atoms with Crippen LogP contribution in [0, 0.1) is 0 Å². The van der Waals surface area contributed by atoms with E-state index in [1.165, 1.54) is 42.1 Å². The van der Waals surface area contributed by atoms with Crippen LogP contribution in [-0.4, -0.2) is 34.3 Å². The number of carbonyl (C=O) groups is 1. The number of nitrogens with zero attached hydrogens (tertiary/aromatic N) is 3. The largest absolute Gasteiger partial charge is 0.464 e. The van der Waals surface area contributed by atoms with Gasteiger partial charge in [0.1, 0.15) is 10.8 Å². The van der Waals surface area contributed by atoms with Gasteiger partial charge < -0.3 is 9.47 Å². The van der Waals surface area contributed by atoms with Crippen LogP contribution in [0.4, 0.5) is 8.78 Å². The summed E-state index contributed by atoms with van der Waals surface area (Å²) in [6.07, 6.45) is 1.34. The van der Waals surface area contributed by atoms with Crippen molar-refractivity contribution in [1.82, 2.24) is 14.6 Å². The molecule has 0 fully saturated rings. The van der Waals surface area contributed by atoms with Gasteiger partial charge in [-0.2, -0.15) is 13.9 Å². The quantitative estimate of drug-likeness (QED) is 0.672. The van der Waals surface area contributed by atoms with Crippen LogP contribution in [0.1, 0.15) is 10.5 Å². The van der Waals surface area contributed by atoms with Crippen molar-refractivity contribution in [3.8, 4) is 17.0 Å². The molecule has 9 heteroatoms. The highest BCUT2D eigenvalue weighted by atomic mass is 35.5. The molecule has 0 N–H and O–H groups in total. The maximum atomic E-state index is 12.4. The molecule has 2 aromatic heterocycles. The van der Waals surface area contributed by atoms with Gasteiger partial charge in [-0.05, 0) is 18.2 Å². The van der Waals surface area contributed by atoms with Crippen LogP contribution in [0.3, 0.4) is 0 Å². The molecule has 0 saturated carbocycles. The smallest absolute Gasteiger partial charge is 0.387 e. The Kier molecular flexibility index (Phi) is 4.30. The summed E-state index contributed by atoms with van der Waals surface area (Å²) in [7, 11) is 1.23. The van der Waals surface area contributed by atoms with Crippen LogP contribution in [-0.2, 0) is 4.74 Å². The first-order chi connectivity index (χ1) is 11.5. The Hall–Kier alpha value is -2.74. The van der Waals surface area contributed by atoms with E-state index < -0.39 is 12.6 Å². The molecule has 1 aromatic carbocycles. The molecule has 3 rings (SSSR count). The highest BCUT2D eigenvalue weighted by molar-refractivity contribution is 6.33. The molecule has 0 aliphatic carbocycles. The van der Waals surface area contributed by atoms with Crippen LogP contribution >= 0.6 is 11.6 Å². The zero-order chi connectivity index (χ0) is 17.3. The van der Waals surface area contributed by atoms with Gasteiger partial charge in [0.25, 0.3) is 0 Å². The number of methoxy groups -OCH3 is 1. The van der Waals surface area contributed by atoms with E-state index in [2.05, 4.69) is 14.8 Å². The molecule has 24 heavy (non-hydrogen) atoms. The fraction of sp³-hybridized carbons (Fsp3) is 0.133. The normalized spacial score (nSPS) is 11.0. The Balaban J connectivity index is 2.16. The van der Waals surface area contributed by atoms with Gasteiger partial charge in [0.15, 0.2) is 11.3 Å². The van der Waals surface area contributed by atoms with Gasteiger partial charge in [-0.15, -0.1) is 0 Å². The van der Waals surface area contributed by atoms with Gasteiger partial charge in [0.05, 0.1) is 19.0 Å². The summed E-state index contributed by atoms with van der Waals surface area (Å²) in [4.78, 5) is 16.3. The highest BCUT2D eigenvalue weighted by Gasteiger charge is 2.17. The highest BCUT2D eigenvalue weighted by Crippen LogP contribution is 2.27. The number of alkyl halides is 2. The van der Waals surface area contributed by atoms with E-state index in [-0.39, 0.29) is 22.1 Å². The number of carbonyl (C=O) groups excluding carboxylic acids is 1. The summed E-state index contributed by atoms with van der Waals surface area (Å²) in [5, 5.41) is 4.21. The van der Waals surface area contributed by atoms with E-state index in [0.717, 1.165) is 0 Å². The van der Waals surface area contributed by atoms with Crippen molar-refractivity contribution in [3.63, 3.8) is 0 Å². The molecule has 0 amide bonds. The monoisotopic (exact) mass is 353 g/mol. The molecule has 0 spiro atoms. The van der Waals surface area contributed by atoms with Crippen LogP contribution in [0.5, 0.6) is 5.75 Å². The fourth-order valence-corrected chi connectivity index (χ4v) is 2.33.